The molecule has 0 fully saturated rings. The molecule has 3 nitrogen and oxygen atoms in total. The maximum atomic E-state index is 13.8. The zero-order valence-corrected chi connectivity index (χ0v) is 12.7. The molecule has 0 aliphatic heterocycles. The number of hydrogen-bond donors (Lipinski definition) is 2. The van der Waals surface area contributed by atoms with E-state index in [2.05, 4.69) is 5.32 Å². The molecule has 0 saturated heterocycles. The SMILES string of the molecule is COc1ccc(C(N)=S)c(NC(C)c2ccccc2F)c1. The number of ether oxygens (including phenoxy) is 1. The standard InChI is InChI=1S/C16H17FN2OS/c1-10(12-5-3-4-6-14(12)17)19-15-9-11(20-2)7-8-13(15)16(18)21/h3-10,19H,1-2H3,(H2,18,21). The number of nitrogens with two attached hydrogens (primary N) is 1. The Labute approximate surface area is 128 Å². The monoisotopic (exact) mass is 304 g/mol. The first-order chi connectivity index (χ1) is 10.0. The summed E-state index contributed by atoms with van der Waals surface area (Å²) in [4.78, 5) is 0.279. The van der Waals surface area contributed by atoms with Crippen LogP contribution in [-0.4, -0.2) is 12.1 Å². The van der Waals surface area contributed by atoms with Crippen molar-refractivity contribution in [3.05, 3.63) is 59.4 Å². The molecule has 2 rings (SSSR count). The Kier molecular flexibility index (Phi) is 4.75. The number of methoxy groups -OCH3 is 1. The lowest BCUT2D eigenvalue weighted by atomic mass is 10.1. The number of hydrogen-bond acceptors (Lipinski definition) is 3. The zero-order chi connectivity index (χ0) is 15.4. The summed E-state index contributed by atoms with van der Waals surface area (Å²) in [6, 6.07) is 11.8. The van der Waals surface area contributed by atoms with E-state index in [0.717, 1.165) is 5.69 Å². The van der Waals surface area contributed by atoms with Crippen molar-refractivity contribution < 1.29 is 9.13 Å². The van der Waals surface area contributed by atoms with Crippen molar-refractivity contribution in [3.8, 4) is 5.75 Å². The average molecular weight is 304 g/mol. The van der Waals surface area contributed by atoms with Crippen LogP contribution in [0, 0.1) is 5.82 Å². The van der Waals surface area contributed by atoms with E-state index < -0.39 is 0 Å². The van der Waals surface area contributed by atoms with Gasteiger partial charge in [-0.15, -0.1) is 0 Å². The Morgan fingerprint density at radius 3 is 2.62 bits per heavy atom. The summed E-state index contributed by atoms with van der Waals surface area (Å²) >= 11 is 5.05. The summed E-state index contributed by atoms with van der Waals surface area (Å²) < 4.78 is 19.0. The van der Waals surface area contributed by atoms with Crippen LogP contribution in [0.1, 0.15) is 24.1 Å². The van der Waals surface area contributed by atoms with Gasteiger partial charge in [0.25, 0.3) is 0 Å². The van der Waals surface area contributed by atoms with Crippen LogP contribution in [0.25, 0.3) is 0 Å². The normalized spacial score (nSPS) is 11.8. The molecule has 0 heterocycles. The molecular formula is C16H17FN2OS. The second-order valence-corrected chi connectivity index (χ2v) is 5.10. The zero-order valence-electron chi connectivity index (χ0n) is 11.9. The van der Waals surface area contributed by atoms with Crippen LogP contribution in [0.2, 0.25) is 0 Å². The fourth-order valence-electron chi connectivity index (χ4n) is 2.12. The third-order valence-electron chi connectivity index (χ3n) is 3.24. The summed E-state index contributed by atoms with van der Waals surface area (Å²) in [6.45, 7) is 1.88. The average Bonchev–Trinajstić information content (AvgIpc) is 2.47. The highest BCUT2D eigenvalue weighted by atomic mass is 32.1. The van der Waals surface area contributed by atoms with E-state index in [1.165, 1.54) is 6.07 Å². The van der Waals surface area contributed by atoms with E-state index in [9.17, 15) is 4.39 Å². The van der Waals surface area contributed by atoms with E-state index in [-0.39, 0.29) is 16.8 Å². The number of benzene rings is 2. The lowest BCUT2D eigenvalue weighted by Crippen LogP contribution is -2.15. The van der Waals surface area contributed by atoms with Gasteiger partial charge in [0.15, 0.2) is 0 Å². The first-order valence-electron chi connectivity index (χ1n) is 6.51. The topological polar surface area (TPSA) is 47.3 Å². The maximum Gasteiger partial charge on any atom is 0.128 e. The number of thiocarbonyl (C=S) groups is 1. The molecule has 0 aliphatic rings. The van der Waals surface area contributed by atoms with Crippen molar-refractivity contribution in [1.82, 2.24) is 0 Å². The lowest BCUT2D eigenvalue weighted by Gasteiger charge is -2.19. The Balaban J connectivity index is 2.34. The molecule has 110 valence electrons. The summed E-state index contributed by atoms with van der Waals surface area (Å²) in [5.41, 5.74) is 7.73. The quantitative estimate of drug-likeness (QED) is 0.828. The van der Waals surface area contributed by atoms with Gasteiger partial charge in [-0.05, 0) is 25.1 Å². The maximum absolute atomic E-state index is 13.8. The van der Waals surface area contributed by atoms with Crippen molar-refractivity contribution >= 4 is 22.9 Å². The molecular weight excluding hydrogens is 287 g/mol. The molecule has 0 aromatic heterocycles. The summed E-state index contributed by atoms with van der Waals surface area (Å²) in [7, 11) is 1.58. The van der Waals surface area contributed by atoms with Gasteiger partial charge in [0.05, 0.1) is 13.2 Å². The molecule has 0 spiro atoms. The van der Waals surface area contributed by atoms with Crippen molar-refractivity contribution in [3.63, 3.8) is 0 Å². The molecule has 2 aromatic rings. The smallest absolute Gasteiger partial charge is 0.128 e. The Morgan fingerprint density at radius 2 is 2.00 bits per heavy atom. The first kappa shape index (κ1) is 15.3. The summed E-state index contributed by atoms with van der Waals surface area (Å²) in [6.07, 6.45) is 0. The molecule has 0 bridgehead atoms. The van der Waals surface area contributed by atoms with Gasteiger partial charge in [-0.25, -0.2) is 4.39 Å². The molecule has 3 N–H and O–H groups in total. The predicted octanol–water partition coefficient (Wildman–Crippen LogP) is 3.64. The minimum absolute atomic E-state index is 0.230. The van der Waals surface area contributed by atoms with Gasteiger partial charge in [-0.2, -0.15) is 0 Å². The van der Waals surface area contributed by atoms with Gasteiger partial charge in [-0.1, -0.05) is 30.4 Å². The van der Waals surface area contributed by atoms with Gasteiger partial charge in [0, 0.05) is 22.9 Å². The van der Waals surface area contributed by atoms with Crippen LogP contribution in [0.3, 0.4) is 0 Å². The van der Waals surface area contributed by atoms with E-state index in [1.54, 1.807) is 43.5 Å². The molecule has 0 saturated carbocycles. The fourth-order valence-corrected chi connectivity index (χ4v) is 2.30. The van der Waals surface area contributed by atoms with Crippen molar-refractivity contribution in [1.29, 1.82) is 0 Å². The third-order valence-corrected chi connectivity index (χ3v) is 3.46. The Morgan fingerprint density at radius 1 is 1.29 bits per heavy atom. The molecule has 0 amide bonds. The van der Waals surface area contributed by atoms with Crippen LogP contribution in [0.15, 0.2) is 42.5 Å². The Hall–Kier alpha value is -2.14. The van der Waals surface area contributed by atoms with E-state index in [0.29, 0.717) is 16.9 Å². The van der Waals surface area contributed by atoms with Crippen LogP contribution in [-0.2, 0) is 0 Å². The number of rotatable bonds is 5. The molecule has 2 aromatic carbocycles. The number of halogens is 1. The van der Waals surface area contributed by atoms with Crippen LogP contribution in [0.4, 0.5) is 10.1 Å². The minimum atomic E-state index is -0.253. The van der Waals surface area contributed by atoms with Crippen LogP contribution < -0.4 is 15.8 Å². The van der Waals surface area contributed by atoms with Gasteiger partial charge in [0.1, 0.15) is 16.6 Å². The second-order valence-electron chi connectivity index (χ2n) is 4.66. The molecule has 1 atom stereocenters. The molecule has 0 aliphatic carbocycles. The van der Waals surface area contributed by atoms with Gasteiger partial charge >= 0.3 is 0 Å². The van der Waals surface area contributed by atoms with E-state index >= 15 is 0 Å². The van der Waals surface area contributed by atoms with Crippen LogP contribution >= 0.6 is 12.2 Å². The van der Waals surface area contributed by atoms with Gasteiger partial charge < -0.3 is 15.8 Å². The largest absolute Gasteiger partial charge is 0.497 e. The highest BCUT2D eigenvalue weighted by Gasteiger charge is 2.13. The summed E-state index contributed by atoms with van der Waals surface area (Å²) in [5.74, 6) is 0.426. The third kappa shape index (κ3) is 3.49. The van der Waals surface area contributed by atoms with Crippen molar-refractivity contribution in [2.45, 2.75) is 13.0 Å². The predicted molar refractivity (Wildman–Crippen MR) is 87.3 cm³/mol. The molecule has 21 heavy (non-hydrogen) atoms. The lowest BCUT2D eigenvalue weighted by molar-refractivity contribution is 0.415. The summed E-state index contributed by atoms with van der Waals surface area (Å²) in [5, 5.41) is 3.24. The molecule has 0 radical (unpaired) electrons. The van der Waals surface area contributed by atoms with E-state index in [1.807, 2.05) is 6.92 Å². The van der Waals surface area contributed by atoms with Gasteiger partial charge in [-0.3, -0.25) is 0 Å². The second kappa shape index (κ2) is 6.54. The minimum Gasteiger partial charge on any atom is -0.497 e. The molecule has 5 heteroatoms. The van der Waals surface area contributed by atoms with Gasteiger partial charge in [0.2, 0.25) is 0 Å². The van der Waals surface area contributed by atoms with Crippen LogP contribution in [0.5, 0.6) is 5.75 Å². The number of nitrogens with one attached hydrogen (secondary N) is 1. The number of anilines is 1. The van der Waals surface area contributed by atoms with Crippen molar-refractivity contribution in [2.24, 2.45) is 5.73 Å². The fraction of sp³-hybridized carbons (Fsp3) is 0.188. The van der Waals surface area contributed by atoms with E-state index in [4.69, 9.17) is 22.7 Å². The van der Waals surface area contributed by atoms with Crippen molar-refractivity contribution in [2.75, 3.05) is 12.4 Å². The molecule has 1 unspecified atom stereocenters. The highest BCUT2D eigenvalue weighted by molar-refractivity contribution is 7.80. The Bertz CT molecular complexity index is 660. The highest BCUT2D eigenvalue weighted by Crippen LogP contribution is 2.27. The first-order valence-corrected chi connectivity index (χ1v) is 6.92.